The summed E-state index contributed by atoms with van der Waals surface area (Å²) in [6.07, 6.45) is -1.15. The minimum atomic E-state index is -1.15. The zero-order chi connectivity index (χ0) is 12.8. The van der Waals surface area contributed by atoms with Gasteiger partial charge in [-0.05, 0) is 17.7 Å². The molecule has 2 rings (SSSR count). The molecule has 0 aliphatic rings. The molecule has 0 fully saturated rings. The van der Waals surface area contributed by atoms with Gasteiger partial charge in [0.2, 0.25) is 0 Å². The summed E-state index contributed by atoms with van der Waals surface area (Å²) in [4.78, 5) is 0. The molecule has 0 aliphatic heterocycles. The highest BCUT2D eigenvalue weighted by Gasteiger charge is 2.07. The first kappa shape index (κ1) is 12.6. The molecule has 94 valence electrons. The molecule has 1 atom stereocenters. The van der Waals surface area contributed by atoms with Gasteiger partial charge in [0.25, 0.3) is 0 Å². The summed E-state index contributed by atoms with van der Waals surface area (Å²) in [5.41, 5.74) is 1.67. The fourth-order valence-electron chi connectivity index (χ4n) is 1.69. The van der Waals surface area contributed by atoms with Crippen molar-refractivity contribution >= 4 is 0 Å². The lowest BCUT2D eigenvalue weighted by atomic mass is 10.2. The zero-order valence-corrected chi connectivity index (χ0v) is 10.3. The van der Waals surface area contributed by atoms with E-state index in [0.717, 1.165) is 11.3 Å². The van der Waals surface area contributed by atoms with Gasteiger partial charge in [0.05, 0.1) is 7.11 Å². The molecule has 1 unspecified atom stereocenters. The van der Waals surface area contributed by atoms with Gasteiger partial charge >= 0.3 is 0 Å². The van der Waals surface area contributed by atoms with Crippen LogP contribution in [0.25, 0.3) is 0 Å². The first-order valence-corrected chi connectivity index (χ1v) is 5.85. The van der Waals surface area contributed by atoms with E-state index in [9.17, 15) is 4.39 Å². The second kappa shape index (κ2) is 6.17. The Morgan fingerprint density at radius 1 is 1.06 bits per heavy atom. The molecular weight excluding hydrogens is 229 g/mol. The fourth-order valence-corrected chi connectivity index (χ4v) is 1.69. The van der Waals surface area contributed by atoms with Crippen LogP contribution >= 0.6 is 0 Å². The maximum Gasteiger partial charge on any atom is 0.177 e. The summed E-state index contributed by atoms with van der Waals surface area (Å²) in [5.74, 6) is 0.804. The molecule has 0 heterocycles. The van der Waals surface area contributed by atoms with Crippen molar-refractivity contribution in [3.63, 3.8) is 0 Å². The third-order valence-electron chi connectivity index (χ3n) is 2.74. The number of methoxy groups -OCH3 is 1. The van der Waals surface area contributed by atoms with Gasteiger partial charge in [-0.2, -0.15) is 0 Å². The summed E-state index contributed by atoms with van der Waals surface area (Å²) in [5, 5.41) is 2.85. The van der Waals surface area contributed by atoms with Gasteiger partial charge in [-0.1, -0.05) is 42.5 Å². The van der Waals surface area contributed by atoms with E-state index in [4.69, 9.17) is 4.74 Å². The standard InChI is InChI=1S/C15H16FNO/c1-18-14-9-7-12(8-10-14)11-17-15(16)13-5-3-2-4-6-13/h2-10,15,17H,11H2,1H3. The Hall–Kier alpha value is -1.87. The smallest absolute Gasteiger partial charge is 0.177 e. The summed E-state index contributed by atoms with van der Waals surface area (Å²) in [6, 6.07) is 16.7. The number of hydrogen-bond donors (Lipinski definition) is 1. The molecule has 2 nitrogen and oxygen atoms in total. The highest BCUT2D eigenvalue weighted by atomic mass is 19.1. The molecule has 0 aliphatic carbocycles. The van der Waals surface area contributed by atoms with Gasteiger partial charge in [-0.3, -0.25) is 5.32 Å². The van der Waals surface area contributed by atoms with Crippen molar-refractivity contribution in [3.05, 3.63) is 65.7 Å². The number of nitrogens with one attached hydrogen (secondary N) is 1. The van der Waals surface area contributed by atoms with Gasteiger partial charge in [-0.25, -0.2) is 4.39 Å². The molecule has 0 amide bonds. The van der Waals surface area contributed by atoms with Crippen molar-refractivity contribution in [1.82, 2.24) is 5.32 Å². The summed E-state index contributed by atoms with van der Waals surface area (Å²) in [7, 11) is 1.63. The SMILES string of the molecule is COc1ccc(CNC(F)c2ccccc2)cc1. The lowest BCUT2D eigenvalue weighted by molar-refractivity contribution is 0.278. The van der Waals surface area contributed by atoms with Crippen LogP contribution in [0, 0.1) is 0 Å². The molecule has 0 radical (unpaired) electrons. The van der Waals surface area contributed by atoms with Crippen molar-refractivity contribution in [1.29, 1.82) is 0 Å². The maximum absolute atomic E-state index is 13.8. The predicted octanol–water partition coefficient (Wildman–Crippen LogP) is 3.45. The first-order chi connectivity index (χ1) is 8.79. The highest BCUT2D eigenvalue weighted by Crippen LogP contribution is 2.15. The van der Waals surface area contributed by atoms with Gasteiger partial charge < -0.3 is 4.74 Å². The molecule has 0 bridgehead atoms. The largest absolute Gasteiger partial charge is 0.497 e. The fraction of sp³-hybridized carbons (Fsp3) is 0.200. The van der Waals surface area contributed by atoms with Crippen molar-refractivity contribution in [2.45, 2.75) is 12.8 Å². The second-order valence-electron chi connectivity index (χ2n) is 4.00. The number of rotatable bonds is 5. The Morgan fingerprint density at radius 2 is 1.72 bits per heavy atom. The van der Waals surface area contributed by atoms with Crippen LogP contribution in [0.15, 0.2) is 54.6 Å². The van der Waals surface area contributed by atoms with Crippen LogP contribution < -0.4 is 10.1 Å². The minimum Gasteiger partial charge on any atom is -0.497 e. The quantitative estimate of drug-likeness (QED) is 0.815. The predicted molar refractivity (Wildman–Crippen MR) is 70.1 cm³/mol. The van der Waals surface area contributed by atoms with Crippen molar-refractivity contribution in [2.75, 3.05) is 7.11 Å². The Balaban J connectivity index is 1.91. The maximum atomic E-state index is 13.8. The summed E-state index contributed by atoms with van der Waals surface area (Å²) in [6.45, 7) is 0.486. The van der Waals surface area contributed by atoms with Gasteiger partial charge in [0.1, 0.15) is 5.75 Å². The molecule has 0 aromatic heterocycles. The van der Waals surface area contributed by atoms with Crippen LogP contribution in [-0.4, -0.2) is 7.11 Å². The Bertz CT molecular complexity index is 470. The summed E-state index contributed by atoms with van der Waals surface area (Å²) >= 11 is 0. The number of alkyl halides is 1. The van der Waals surface area contributed by atoms with Crippen LogP contribution in [0.3, 0.4) is 0 Å². The van der Waals surface area contributed by atoms with E-state index in [0.29, 0.717) is 12.1 Å². The number of halogens is 1. The third kappa shape index (κ3) is 3.31. The summed E-state index contributed by atoms with van der Waals surface area (Å²) < 4.78 is 18.9. The molecule has 0 spiro atoms. The Morgan fingerprint density at radius 3 is 2.33 bits per heavy atom. The molecule has 2 aromatic carbocycles. The molecule has 3 heteroatoms. The van der Waals surface area contributed by atoms with Gasteiger partial charge in [0.15, 0.2) is 6.30 Å². The van der Waals surface area contributed by atoms with Crippen LogP contribution in [0.5, 0.6) is 5.75 Å². The van der Waals surface area contributed by atoms with Crippen LogP contribution in [0.1, 0.15) is 17.4 Å². The highest BCUT2D eigenvalue weighted by molar-refractivity contribution is 5.27. The van der Waals surface area contributed by atoms with Gasteiger partial charge in [-0.15, -0.1) is 0 Å². The lowest BCUT2D eigenvalue weighted by Gasteiger charge is -2.11. The monoisotopic (exact) mass is 245 g/mol. The van der Waals surface area contributed by atoms with Crippen molar-refractivity contribution in [3.8, 4) is 5.75 Å². The molecule has 0 saturated heterocycles. The number of benzene rings is 2. The molecule has 2 aromatic rings. The molecule has 0 saturated carbocycles. The van der Waals surface area contributed by atoms with Crippen molar-refractivity contribution < 1.29 is 9.13 Å². The van der Waals surface area contributed by atoms with Crippen LogP contribution in [-0.2, 0) is 6.54 Å². The van der Waals surface area contributed by atoms with Gasteiger partial charge in [0, 0.05) is 12.1 Å². The Labute approximate surface area is 106 Å². The van der Waals surface area contributed by atoms with E-state index in [1.54, 1.807) is 19.2 Å². The Kier molecular flexibility index (Phi) is 4.31. The van der Waals surface area contributed by atoms with E-state index in [1.165, 1.54) is 0 Å². The van der Waals surface area contributed by atoms with E-state index in [1.807, 2.05) is 42.5 Å². The zero-order valence-electron chi connectivity index (χ0n) is 10.3. The number of hydrogen-bond acceptors (Lipinski definition) is 2. The first-order valence-electron chi connectivity index (χ1n) is 5.85. The normalized spacial score (nSPS) is 12.1. The minimum absolute atomic E-state index is 0.486. The van der Waals surface area contributed by atoms with E-state index < -0.39 is 6.30 Å². The topological polar surface area (TPSA) is 21.3 Å². The van der Waals surface area contributed by atoms with E-state index >= 15 is 0 Å². The van der Waals surface area contributed by atoms with Crippen molar-refractivity contribution in [2.24, 2.45) is 0 Å². The lowest BCUT2D eigenvalue weighted by Crippen LogP contribution is -2.16. The van der Waals surface area contributed by atoms with Crippen LogP contribution in [0.2, 0.25) is 0 Å². The second-order valence-corrected chi connectivity index (χ2v) is 4.00. The average molecular weight is 245 g/mol. The molecular formula is C15H16FNO. The van der Waals surface area contributed by atoms with Crippen LogP contribution in [0.4, 0.5) is 4.39 Å². The average Bonchev–Trinajstić information content (AvgIpc) is 2.46. The van der Waals surface area contributed by atoms with E-state index in [2.05, 4.69) is 5.32 Å². The molecule has 1 N–H and O–H groups in total. The van der Waals surface area contributed by atoms with E-state index in [-0.39, 0.29) is 0 Å². The molecule has 18 heavy (non-hydrogen) atoms. The third-order valence-corrected chi connectivity index (χ3v) is 2.74. The number of ether oxygens (including phenoxy) is 1.